The third-order valence-corrected chi connectivity index (χ3v) is 10.6. The molecule has 0 saturated heterocycles. The Balaban J connectivity index is 0.00000666. The molecule has 59 heavy (non-hydrogen) atoms. The van der Waals surface area contributed by atoms with Crippen molar-refractivity contribution < 1.29 is 37.1 Å². The Morgan fingerprint density at radius 3 is 1.98 bits per heavy atom. The second kappa shape index (κ2) is 15.9. The first kappa shape index (κ1) is 32.3. The molecule has 4 nitrogen and oxygen atoms in total. The molecule has 0 aliphatic heterocycles. The van der Waals surface area contributed by atoms with Crippen LogP contribution in [-0.2, 0) is 37.3 Å². The number of aromatic nitrogens is 3. The molecule has 2 heterocycles. The van der Waals surface area contributed by atoms with Crippen LogP contribution >= 0.6 is 0 Å². The van der Waals surface area contributed by atoms with Crippen molar-refractivity contribution in [2.45, 2.75) is 78.6 Å². The van der Waals surface area contributed by atoms with Crippen LogP contribution in [0.15, 0.2) is 146 Å². The van der Waals surface area contributed by atoms with Crippen LogP contribution in [-0.4, -0.2) is 19.6 Å². The third kappa shape index (κ3) is 8.21. The number of benzene rings is 6. The van der Waals surface area contributed by atoms with Gasteiger partial charge in [0.05, 0.1) is 33.3 Å². The number of fused-ring (bicyclic) bond motifs is 1. The van der Waals surface area contributed by atoms with Gasteiger partial charge in [0.25, 0.3) is 0 Å². The first-order chi connectivity index (χ1) is 30.9. The summed E-state index contributed by atoms with van der Waals surface area (Å²) in [6, 6.07) is 31.9. The van der Waals surface area contributed by atoms with Gasteiger partial charge in [0.15, 0.2) is 0 Å². The van der Waals surface area contributed by atoms with Crippen LogP contribution in [0.4, 0.5) is 0 Å². The van der Waals surface area contributed by atoms with Gasteiger partial charge < -0.3 is 5.11 Å². The maximum atomic E-state index is 12.2. The van der Waals surface area contributed by atoms with Crippen LogP contribution in [0.2, 0.25) is 0 Å². The second-order valence-electron chi connectivity index (χ2n) is 17.9. The molecular formula is C54H52N3OPt-. The minimum absolute atomic E-state index is 0. The average molecular weight is 962 g/mol. The van der Waals surface area contributed by atoms with E-state index < -0.39 is 47.8 Å². The maximum Gasteiger partial charge on any atom is 0.148 e. The Hall–Kier alpha value is -5.57. The van der Waals surface area contributed by atoms with Crippen LogP contribution in [0, 0.1) is 6.07 Å². The van der Waals surface area contributed by atoms with Gasteiger partial charge >= 0.3 is 0 Å². The van der Waals surface area contributed by atoms with E-state index in [1.807, 2.05) is 66.7 Å². The maximum absolute atomic E-state index is 12.2. The molecule has 0 aliphatic carbocycles. The summed E-state index contributed by atoms with van der Waals surface area (Å²) < 4.78 is 71.4. The predicted molar refractivity (Wildman–Crippen MR) is 243 cm³/mol. The molecular weight excluding hydrogens is 902 g/mol. The van der Waals surface area contributed by atoms with Gasteiger partial charge in [0, 0.05) is 38.5 Å². The number of hydrogen-bond acceptors (Lipinski definition) is 3. The first-order valence-corrected chi connectivity index (χ1v) is 19.6. The van der Waals surface area contributed by atoms with Crippen molar-refractivity contribution in [1.82, 2.24) is 14.5 Å². The molecule has 5 heteroatoms. The van der Waals surface area contributed by atoms with E-state index in [0.29, 0.717) is 33.6 Å². The molecule has 0 radical (unpaired) electrons. The van der Waals surface area contributed by atoms with Crippen LogP contribution < -0.4 is 0 Å². The molecule has 6 aromatic carbocycles. The summed E-state index contributed by atoms with van der Waals surface area (Å²) in [6.45, 7) is 18.9. The monoisotopic (exact) mass is 961 g/mol. The molecule has 0 bridgehead atoms. The van der Waals surface area contributed by atoms with Gasteiger partial charge in [-0.25, -0.2) is 4.98 Å². The second-order valence-corrected chi connectivity index (χ2v) is 17.9. The Labute approximate surface area is 375 Å². The smallest absolute Gasteiger partial charge is 0.148 e. The number of para-hydroxylation sites is 2. The van der Waals surface area contributed by atoms with Crippen molar-refractivity contribution in [3.05, 3.63) is 168 Å². The molecule has 8 aromatic rings. The van der Waals surface area contributed by atoms with E-state index in [0.717, 1.165) is 39.0 Å². The van der Waals surface area contributed by atoms with Crippen LogP contribution in [0.1, 0.15) is 90.0 Å². The van der Waals surface area contributed by atoms with E-state index in [1.54, 1.807) is 0 Å². The quantitative estimate of drug-likeness (QED) is 0.169. The van der Waals surface area contributed by atoms with E-state index in [4.69, 9.17) is 14.6 Å². The minimum Gasteiger partial charge on any atom is -0.507 e. The minimum atomic E-state index is -0.607. The summed E-state index contributed by atoms with van der Waals surface area (Å²) in [6.07, 6.45) is -0.520. The zero-order chi connectivity index (χ0) is 47.9. The van der Waals surface area contributed by atoms with Crippen LogP contribution in [0.25, 0.3) is 72.7 Å². The molecule has 0 aliphatic rings. The standard InChI is InChI=1S/C54H52N3O.Pt/c1-52(2,3)40-26-27-47(44(34-40)36-20-14-11-15-21-36)57-48-25-17-22-42(49(48)56-51(57)43-23-16-24-45(50(43)58)54(7,8)9)38-30-39(32-41(31-38)53(4,5)6)46-33-37(28-29-55-46)35-18-12-10-13-19-35;/h10-29,31-34,58H,1-9H3;/q-1;/i10D,12D,13D,18D,19D,28D,29D,33D;. The van der Waals surface area contributed by atoms with E-state index in [1.165, 1.54) is 0 Å². The van der Waals surface area contributed by atoms with Crippen molar-refractivity contribution in [2.24, 2.45) is 0 Å². The molecule has 8 rings (SSSR count). The van der Waals surface area contributed by atoms with E-state index in [-0.39, 0.29) is 60.5 Å². The summed E-state index contributed by atoms with van der Waals surface area (Å²) in [7, 11) is 0. The number of phenolic OH excluding ortho intramolecular Hbond substituents is 1. The SMILES string of the molecule is [2H]c1nc(-c2[c-]c(-c3cccc4c3nc(-c3cccc(C(C)(C)C)c3O)n4-c3ccc(C(C)(C)C)cc3-c3ccccc3)cc(C(C)(C)C)c2)c([2H])c(-c2c([2H])c([2H])c([2H])c([2H])c2[2H])c1[2H].[Pt]. The Kier molecular flexibility index (Phi) is 8.70. The fourth-order valence-corrected chi connectivity index (χ4v) is 7.34. The van der Waals surface area contributed by atoms with E-state index >= 15 is 0 Å². The van der Waals surface area contributed by atoms with Crippen LogP contribution in [0.5, 0.6) is 5.75 Å². The number of pyridine rings is 1. The van der Waals surface area contributed by atoms with Crippen LogP contribution in [0.3, 0.4) is 0 Å². The van der Waals surface area contributed by atoms with Gasteiger partial charge in [-0.15, -0.1) is 29.3 Å². The zero-order valence-corrected chi connectivity index (χ0v) is 37.1. The van der Waals surface area contributed by atoms with Gasteiger partial charge in [-0.2, -0.15) is 0 Å². The van der Waals surface area contributed by atoms with Crippen molar-refractivity contribution in [1.29, 1.82) is 0 Å². The number of imidazole rings is 1. The van der Waals surface area contributed by atoms with Gasteiger partial charge in [-0.1, -0.05) is 170 Å². The largest absolute Gasteiger partial charge is 0.507 e. The van der Waals surface area contributed by atoms with Gasteiger partial charge in [0.2, 0.25) is 0 Å². The summed E-state index contributed by atoms with van der Waals surface area (Å²) >= 11 is 0. The molecule has 0 saturated carbocycles. The summed E-state index contributed by atoms with van der Waals surface area (Å²) in [5, 5.41) is 12.2. The molecule has 2 aromatic heterocycles. The van der Waals surface area contributed by atoms with Crippen molar-refractivity contribution in [3.63, 3.8) is 0 Å². The fraction of sp³-hybridized carbons (Fsp3) is 0.222. The predicted octanol–water partition coefficient (Wildman–Crippen LogP) is 14.2. The van der Waals surface area contributed by atoms with Crippen molar-refractivity contribution in [3.8, 4) is 67.5 Å². The molecule has 0 spiro atoms. The zero-order valence-electron chi connectivity index (χ0n) is 42.8. The molecule has 1 N–H and O–H groups in total. The number of phenols is 1. The summed E-state index contributed by atoms with van der Waals surface area (Å²) in [5.41, 5.74) is 7.54. The molecule has 0 unspecified atom stereocenters. The number of rotatable bonds is 6. The fourth-order valence-electron chi connectivity index (χ4n) is 7.34. The molecule has 0 atom stereocenters. The number of hydrogen-bond donors (Lipinski definition) is 1. The van der Waals surface area contributed by atoms with Gasteiger partial charge in [-0.05, 0) is 74.4 Å². The Morgan fingerprint density at radius 2 is 1.29 bits per heavy atom. The molecule has 300 valence electrons. The Morgan fingerprint density at radius 1 is 0.610 bits per heavy atom. The molecule has 0 amide bonds. The number of aromatic hydroxyl groups is 1. The summed E-state index contributed by atoms with van der Waals surface area (Å²) in [5.74, 6) is 0.657. The average Bonchev–Trinajstić information content (AvgIpc) is 3.65. The number of nitrogens with zero attached hydrogens (tertiary/aromatic N) is 3. The van der Waals surface area contributed by atoms with Crippen molar-refractivity contribution in [2.75, 3.05) is 0 Å². The van der Waals surface area contributed by atoms with Crippen molar-refractivity contribution >= 4 is 11.0 Å². The van der Waals surface area contributed by atoms with Gasteiger partial charge in [-0.3, -0.25) is 9.55 Å². The molecule has 0 fully saturated rings. The first-order valence-electron chi connectivity index (χ1n) is 23.6. The van der Waals surface area contributed by atoms with E-state index in [9.17, 15) is 6.48 Å². The topological polar surface area (TPSA) is 50.9 Å². The summed E-state index contributed by atoms with van der Waals surface area (Å²) in [4.78, 5) is 9.87. The van der Waals surface area contributed by atoms with Gasteiger partial charge in [0.1, 0.15) is 11.6 Å². The normalized spacial score (nSPS) is 14.0. The Bertz CT molecular complexity index is 3230. The third-order valence-electron chi connectivity index (χ3n) is 10.6. The van der Waals surface area contributed by atoms with E-state index in [2.05, 4.69) is 108 Å².